The maximum absolute atomic E-state index is 12.2. The number of ether oxygens (including phenoxy) is 2. The average molecular weight is 460 g/mol. The molecule has 166 valence electrons. The van der Waals surface area contributed by atoms with Crippen LogP contribution in [0, 0.1) is 0 Å². The quantitative estimate of drug-likeness (QED) is 0.419. The summed E-state index contributed by atoms with van der Waals surface area (Å²) in [6, 6.07) is 13.0. The van der Waals surface area contributed by atoms with Crippen molar-refractivity contribution in [3.63, 3.8) is 0 Å². The summed E-state index contributed by atoms with van der Waals surface area (Å²) in [4.78, 5) is 21.2. The van der Waals surface area contributed by atoms with Gasteiger partial charge in [0.2, 0.25) is 5.91 Å². The molecule has 2 N–H and O–H groups in total. The maximum atomic E-state index is 12.2. The van der Waals surface area contributed by atoms with Gasteiger partial charge in [0.05, 0.1) is 12.7 Å². The Labute approximate surface area is 194 Å². The lowest BCUT2D eigenvalue weighted by Crippen LogP contribution is -2.13. The second-order valence-corrected chi connectivity index (χ2v) is 8.61. The van der Waals surface area contributed by atoms with Gasteiger partial charge in [-0.1, -0.05) is 40.7 Å². The fraction of sp³-hybridized carbons (Fsp3) is 0.208. The number of carbonyl (C=O) groups excluding carboxylic acids is 1. The standard InChI is InChI=1S/C24H21N5O3S/c1-31-19-5-3-2-4-16(19)20-17(22(25)30)10-11-26-21(20)23-28-29-24(33-23)32-13-14-6-9-18(27-12-14)15-7-8-15/h2-6,9-12,15H,7-8,13H2,1H3,(H2,25,30). The number of carbonyl (C=O) groups is 1. The normalized spacial score (nSPS) is 13.0. The topological polar surface area (TPSA) is 113 Å². The van der Waals surface area contributed by atoms with E-state index in [1.54, 1.807) is 13.2 Å². The zero-order valence-corrected chi connectivity index (χ0v) is 18.7. The molecule has 4 aromatic rings. The number of amides is 1. The molecule has 8 nitrogen and oxygen atoms in total. The molecule has 1 aromatic carbocycles. The van der Waals surface area contributed by atoms with Crippen LogP contribution in [0.5, 0.6) is 10.9 Å². The number of pyridine rings is 2. The number of methoxy groups -OCH3 is 1. The van der Waals surface area contributed by atoms with Gasteiger partial charge in [-0.3, -0.25) is 14.8 Å². The van der Waals surface area contributed by atoms with Crippen LogP contribution in [0.4, 0.5) is 0 Å². The van der Waals surface area contributed by atoms with Crippen LogP contribution in [0.1, 0.15) is 40.4 Å². The average Bonchev–Trinajstić information content (AvgIpc) is 3.60. The lowest BCUT2D eigenvalue weighted by molar-refractivity contribution is 0.100. The van der Waals surface area contributed by atoms with Gasteiger partial charge in [0.15, 0.2) is 5.01 Å². The highest BCUT2D eigenvalue weighted by atomic mass is 32.1. The van der Waals surface area contributed by atoms with E-state index in [0.717, 1.165) is 11.3 Å². The molecule has 0 bridgehead atoms. The Bertz CT molecular complexity index is 1300. The minimum Gasteiger partial charge on any atom is -0.496 e. The van der Waals surface area contributed by atoms with Crippen LogP contribution in [-0.4, -0.2) is 33.2 Å². The highest BCUT2D eigenvalue weighted by Crippen LogP contribution is 2.40. The van der Waals surface area contributed by atoms with Crippen molar-refractivity contribution in [2.24, 2.45) is 5.73 Å². The molecule has 0 atom stereocenters. The number of primary amides is 1. The number of aromatic nitrogens is 4. The molecule has 9 heteroatoms. The first-order chi connectivity index (χ1) is 16.1. The first-order valence-electron chi connectivity index (χ1n) is 10.5. The van der Waals surface area contributed by atoms with Gasteiger partial charge in [0.25, 0.3) is 5.19 Å². The van der Waals surface area contributed by atoms with Gasteiger partial charge in [-0.05, 0) is 31.0 Å². The Hall–Kier alpha value is -3.85. The molecular weight excluding hydrogens is 438 g/mol. The van der Waals surface area contributed by atoms with Crippen LogP contribution in [-0.2, 0) is 6.61 Å². The van der Waals surface area contributed by atoms with Crippen molar-refractivity contribution in [3.05, 3.63) is 71.7 Å². The molecule has 5 rings (SSSR count). The summed E-state index contributed by atoms with van der Waals surface area (Å²) in [5.74, 6) is 0.645. The van der Waals surface area contributed by atoms with Crippen LogP contribution in [0.25, 0.3) is 21.8 Å². The van der Waals surface area contributed by atoms with E-state index in [1.165, 1.54) is 30.4 Å². The largest absolute Gasteiger partial charge is 0.496 e. The number of para-hydroxylation sites is 1. The third-order valence-electron chi connectivity index (χ3n) is 5.41. The van der Waals surface area contributed by atoms with E-state index >= 15 is 0 Å². The number of nitrogens with two attached hydrogens (primary N) is 1. The van der Waals surface area contributed by atoms with Gasteiger partial charge >= 0.3 is 0 Å². The molecule has 1 fully saturated rings. The minimum atomic E-state index is -0.567. The number of benzene rings is 1. The van der Waals surface area contributed by atoms with E-state index in [-0.39, 0.29) is 0 Å². The fourth-order valence-corrected chi connectivity index (χ4v) is 4.30. The third-order valence-corrected chi connectivity index (χ3v) is 6.25. The van der Waals surface area contributed by atoms with E-state index in [9.17, 15) is 4.79 Å². The Morgan fingerprint density at radius 1 is 1.12 bits per heavy atom. The van der Waals surface area contributed by atoms with Gasteiger partial charge < -0.3 is 15.2 Å². The molecule has 0 aliphatic heterocycles. The van der Waals surface area contributed by atoms with Crippen LogP contribution >= 0.6 is 11.3 Å². The minimum absolute atomic E-state index is 0.323. The summed E-state index contributed by atoms with van der Waals surface area (Å²) in [7, 11) is 1.57. The lowest BCUT2D eigenvalue weighted by atomic mass is 9.97. The maximum Gasteiger partial charge on any atom is 0.294 e. The monoisotopic (exact) mass is 459 g/mol. The Morgan fingerprint density at radius 2 is 1.97 bits per heavy atom. The molecule has 33 heavy (non-hydrogen) atoms. The highest BCUT2D eigenvalue weighted by Gasteiger charge is 2.25. The first kappa shape index (κ1) is 21.0. The van der Waals surface area contributed by atoms with Crippen LogP contribution in [0.15, 0.2) is 54.9 Å². The zero-order valence-electron chi connectivity index (χ0n) is 17.9. The van der Waals surface area contributed by atoms with Gasteiger partial charge in [0.1, 0.15) is 18.1 Å². The number of rotatable bonds is 8. The molecule has 0 unspecified atom stereocenters. The van der Waals surface area contributed by atoms with E-state index in [2.05, 4.69) is 26.2 Å². The van der Waals surface area contributed by atoms with Gasteiger partial charge in [0, 0.05) is 40.7 Å². The van der Waals surface area contributed by atoms with Crippen LogP contribution in [0.3, 0.4) is 0 Å². The number of nitrogens with zero attached hydrogens (tertiary/aromatic N) is 4. The molecule has 0 radical (unpaired) electrons. The van der Waals surface area contributed by atoms with E-state index < -0.39 is 5.91 Å². The molecule has 3 heterocycles. The number of hydrogen-bond donors (Lipinski definition) is 1. The third kappa shape index (κ3) is 4.40. The van der Waals surface area contributed by atoms with Gasteiger partial charge in [-0.15, -0.1) is 5.10 Å². The Balaban J connectivity index is 1.44. The molecule has 0 saturated heterocycles. The molecule has 3 aromatic heterocycles. The number of hydrogen-bond acceptors (Lipinski definition) is 8. The first-order valence-corrected chi connectivity index (χ1v) is 11.3. The molecule has 1 amide bonds. The van der Waals surface area contributed by atoms with Crippen LogP contribution in [0.2, 0.25) is 0 Å². The second kappa shape index (κ2) is 8.95. The second-order valence-electron chi connectivity index (χ2n) is 7.67. The Kier molecular flexibility index (Phi) is 5.70. The fourth-order valence-electron chi connectivity index (χ4n) is 3.60. The zero-order chi connectivity index (χ0) is 22.8. The summed E-state index contributed by atoms with van der Waals surface area (Å²) in [6.45, 7) is 0.334. The van der Waals surface area contributed by atoms with Crippen LogP contribution < -0.4 is 15.2 Å². The summed E-state index contributed by atoms with van der Waals surface area (Å²) < 4.78 is 11.3. The van der Waals surface area contributed by atoms with E-state index in [4.69, 9.17) is 15.2 Å². The summed E-state index contributed by atoms with van der Waals surface area (Å²) in [5, 5.41) is 9.32. The summed E-state index contributed by atoms with van der Waals surface area (Å²) in [6.07, 6.45) is 5.81. The van der Waals surface area contributed by atoms with Crippen molar-refractivity contribution in [2.45, 2.75) is 25.4 Å². The predicted octanol–water partition coefficient (Wildman–Crippen LogP) is 4.23. The van der Waals surface area contributed by atoms with E-state index in [1.807, 2.05) is 36.5 Å². The van der Waals surface area contributed by atoms with Crippen molar-refractivity contribution in [2.75, 3.05) is 7.11 Å². The molecule has 0 spiro atoms. The molecule has 1 aliphatic rings. The van der Waals surface area contributed by atoms with Crippen molar-refractivity contribution >= 4 is 17.2 Å². The van der Waals surface area contributed by atoms with Crippen molar-refractivity contribution in [3.8, 4) is 32.8 Å². The van der Waals surface area contributed by atoms with Gasteiger partial charge in [-0.2, -0.15) is 0 Å². The lowest BCUT2D eigenvalue weighted by Gasteiger charge is -2.13. The smallest absolute Gasteiger partial charge is 0.294 e. The summed E-state index contributed by atoms with van der Waals surface area (Å²) >= 11 is 1.25. The van der Waals surface area contributed by atoms with Crippen molar-refractivity contribution in [1.29, 1.82) is 0 Å². The van der Waals surface area contributed by atoms with E-state index in [0.29, 0.717) is 50.9 Å². The predicted molar refractivity (Wildman–Crippen MR) is 124 cm³/mol. The molecular formula is C24H21N5O3S. The highest BCUT2D eigenvalue weighted by molar-refractivity contribution is 7.16. The Morgan fingerprint density at radius 3 is 2.70 bits per heavy atom. The van der Waals surface area contributed by atoms with Gasteiger partial charge in [-0.25, -0.2) is 0 Å². The summed E-state index contributed by atoms with van der Waals surface area (Å²) in [5.41, 5.74) is 9.81. The molecule has 1 saturated carbocycles. The SMILES string of the molecule is COc1ccccc1-c1c(C(N)=O)ccnc1-c1nnc(OCc2ccc(C3CC3)nc2)s1. The van der Waals surface area contributed by atoms with Crippen molar-refractivity contribution in [1.82, 2.24) is 20.2 Å². The van der Waals surface area contributed by atoms with Crippen molar-refractivity contribution < 1.29 is 14.3 Å². The molecule has 1 aliphatic carbocycles.